The van der Waals surface area contributed by atoms with E-state index in [4.69, 9.17) is 4.74 Å². The summed E-state index contributed by atoms with van der Waals surface area (Å²) in [5, 5.41) is 0. The molecule has 5 heteroatoms. The van der Waals surface area contributed by atoms with Crippen molar-refractivity contribution >= 4 is 17.9 Å². The van der Waals surface area contributed by atoms with Gasteiger partial charge in [-0.1, -0.05) is 6.07 Å². The van der Waals surface area contributed by atoms with Crippen molar-refractivity contribution in [1.29, 1.82) is 0 Å². The topological polar surface area (TPSA) is 49.9 Å². The Hall–Kier alpha value is -2.30. The normalized spacial score (nSPS) is 20.2. The van der Waals surface area contributed by atoms with Crippen molar-refractivity contribution in [2.45, 2.75) is 19.3 Å². The number of rotatable bonds is 3. The Morgan fingerprint density at radius 2 is 1.83 bits per heavy atom. The first-order chi connectivity index (χ1) is 11.7. The molecule has 2 fully saturated rings. The second-order valence-electron chi connectivity index (χ2n) is 6.72. The van der Waals surface area contributed by atoms with Crippen LogP contribution in [0.5, 0.6) is 5.75 Å². The monoisotopic (exact) mass is 326 g/mol. The van der Waals surface area contributed by atoms with Crippen molar-refractivity contribution in [2.24, 2.45) is 5.92 Å². The van der Waals surface area contributed by atoms with E-state index in [1.165, 1.54) is 5.56 Å². The van der Waals surface area contributed by atoms with Crippen LogP contribution in [0.15, 0.2) is 24.3 Å². The van der Waals surface area contributed by atoms with Gasteiger partial charge >= 0.3 is 0 Å². The highest BCUT2D eigenvalue weighted by molar-refractivity contribution is 5.92. The Kier molecular flexibility index (Phi) is 4.00. The number of carbonyl (C=O) groups is 2. The summed E-state index contributed by atoms with van der Waals surface area (Å²) in [6.45, 7) is 3.31. The molecule has 24 heavy (non-hydrogen) atoms. The summed E-state index contributed by atoms with van der Waals surface area (Å²) in [4.78, 5) is 28.1. The minimum atomic E-state index is 0.0188. The third kappa shape index (κ3) is 3.16. The van der Waals surface area contributed by atoms with Crippen LogP contribution in [0, 0.1) is 5.92 Å². The summed E-state index contributed by atoms with van der Waals surface area (Å²) in [5.74, 6) is 1.51. The predicted molar refractivity (Wildman–Crippen MR) is 90.6 cm³/mol. The summed E-state index contributed by atoms with van der Waals surface area (Å²) in [7, 11) is 0. The molecule has 0 N–H and O–H groups in total. The highest BCUT2D eigenvalue weighted by atomic mass is 16.5. The van der Waals surface area contributed by atoms with Gasteiger partial charge in [-0.25, -0.2) is 0 Å². The Morgan fingerprint density at radius 1 is 1.08 bits per heavy atom. The third-order valence-corrected chi connectivity index (χ3v) is 4.96. The van der Waals surface area contributed by atoms with Gasteiger partial charge in [0.2, 0.25) is 11.8 Å². The average molecular weight is 326 g/mol. The van der Waals surface area contributed by atoms with E-state index in [1.807, 2.05) is 28.0 Å². The number of nitrogens with zero attached hydrogens (tertiary/aromatic N) is 2. The zero-order valence-corrected chi connectivity index (χ0v) is 13.7. The first-order valence-corrected chi connectivity index (χ1v) is 8.72. The number of hydrogen-bond acceptors (Lipinski definition) is 3. The summed E-state index contributed by atoms with van der Waals surface area (Å²) in [6.07, 6.45) is 6.50. The fourth-order valence-corrected chi connectivity index (χ4v) is 3.32. The van der Waals surface area contributed by atoms with Crippen molar-refractivity contribution in [2.75, 3.05) is 32.8 Å². The molecule has 0 spiro atoms. The van der Waals surface area contributed by atoms with E-state index in [9.17, 15) is 9.59 Å². The highest BCUT2D eigenvalue weighted by Crippen LogP contribution is 2.31. The van der Waals surface area contributed by atoms with E-state index in [-0.39, 0.29) is 17.7 Å². The molecule has 2 aliphatic heterocycles. The molecule has 3 aliphatic rings. The van der Waals surface area contributed by atoms with Gasteiger partial charge in [0.25, 0.3) is 0 Å². The summed E-state index contributed by atoms with van der Waals surface area (Å²) < 4.78 is 5.49. The Morgan fingerprint density at radius 3 is 2.58 bits per heavy atom. The lowest BCUT2D eigenvalue weighted by atomic mass is 10.1. The van der Waals surface area contributed by atoms with Crippen molar-refractivity contribution < 1.29 is 14.3 Å². The molecule has 5 nitrogen and oxygen atoms in total. The molecule has 0 bridgehead atoms. The average Bonchev–Trinajstić information content (AvgIpc) is 3.37. The number of fused-ring (bicyclic) bond motifs is 1. The lowest BCUT2D eigenvalue weighted by Crippen LogP contribution is -2.50. The maximum atomic E-state index is 12.3. The van der Waals surface area contributed by atoms with E-state index in [0.29, 0.717) is 26.2 Å². The van der Waals surface area contributed by atoms with E-state index in [2.05, 4.69) is 6.07 Å². The van der Waals surface area contributed by atoms with Gasteiger partial charge in [0.1, 0.15) is 5.75 Å². The SMILES string of the molecule is O=C(/C=C/c1ccc2c(c1)CCO2)N1CCN(C(=O)C2CC2)CC1. The smallest absolute Gasteiger partial charge is 0.246 e. The molecular weight excluding hydrogens is 304 g/mol. The summed E-state index contributed by atoms with van der Waals surface area (Å²) in [6, 6.07) is 6.02. The van der Waals surface area contributed by atoms with Crippen LogP contribution in [0.4, 0.5) is 0 Å². The minimum Gasteiger partial charge on any atom is -0.493 e. The molecule has 1 saturated carbocycles. The van der Waals surface area contributed by atoms with Crippen LogP contribution in [0.25, 0.3) is 6.08 Å². The fraction of sp³-hybridized carbons (Fsp3) is 0.474. The second-order valence-corrected chi connectivity index (χ2v) is 6.72. The molecule has 1 aromatic rings. The fourth-order valence-electron chi connectivity index (χ4n) is 3.32. The zero-order valence-electron chi connectivity index (χ0n) is 13.7. The zero-order chi connectivity index (χ0) is 16.5. The van der Waals surface area contributed by atoms with Crippen molar-refractivity contribution in [3.8, 4) is 5.75 Å². The Balaban J connectivity index is 1.32. The number of piperazine rings is 1. The number of benzene rings is 1. The van der Waals surface area contributed by atoms with Crippen LogP contribution in [0.2, 0.25) is 0 Å². The van der Waals surface area contributed by atoms with Gasteiger partial charge in [-0.15, -0.1) is 0 Å². The lowest BCUT2D eigenvalue weighted by Gasteiger charge is -2.34. The molecule has 0 radical (unpaired) electrons. The molecule has 1 saturated heterocycles. The molecule has 2 amide bonds. The van der Waals surface area contributed by atoms with Gasteiger partial charge in [-0.2, -0.15) is 0 Å². The second kappa shape index (κ2) is 6.30. The molecule has 0 aromatic heterocycles. The number of hydrogen-bond donors (Lipinski definition) is 0. The van der Waals surface area contributed by atoms with E-state index < -0.39 is 0 Å². The van der Waals surface area contributed by atoms with Crippen LogP contribution >= 0.6 is 0 Å². The predicted octanol–water partition coefficient (Wildman–Crippen LogP) is 1.72. The largest absolute Gasteiger partial charge is 0.493 e. The molecule has 2 heterocycles. The number of amides is 2. The summed E-state index contributed by atoms with van der Waals surface area (Å²) in [5.41, 5.74) is 2.23. The third-order valence-electron chi connectivity index (χ3n) is 4.96. The standard InChI is InChI=1S/C19H22N2O3/c22-18(6-2-14-1-5-17-16(13-14)7-12-24-17)20-8-10-21(11-9-20)19(23)15-3-4-15/h1-2,5-6,13,15H,3-4,7-12H2/b6-2+. The Labute approximate surface area is 141 Å². The van der Waals surface area contributed by atoms with E-state index in [1.54, 1.807) is 6.08 Å². The van der Waals surface area contributed by atoms with Gasteiger partial charge in [0, 0.05) is 44.6 Å². The quantitative estimate of drug-likeness (QED) is 0.795. The molecular formula is C19H22N2O3. The van der Waals surface area contributed by atoms with Crippen LogP contribution in [0.3, 0.4) is 0 Å². The van der Waals surface area contributed by atoms with Gasteiger partial charge in [-0.3, -0.25) is 9.59 Å². The van der Waals surface area contributed by atoms with Crippen LogP contribution in [-0.2, 0) is 16.0 Å². The number of ether oxygens (including phenoxy) is 1. The number of carbonyl (C=O) groups excluding carboxylic acids is 2. The molecule has 4 rings (SSSR count). The maximum absolute atomic E-state index is 12.3. The van der Waals surface area contributed by atoms with Gasteiger partial charge in [-0.05, 0) is 42.2 Å². The van der Waals surface area contributed by atoms with Crippen LogP contribution < -0.4 is 4.74 Å². The molecule has 1 aliphatic carbocycles. The molecule has 126 valence electrons. The van der Waals surface area contributed by atoms with Crippen molar-refractivity contribution in [3.63, 3.8) is 0 Å². The first kappa shape index (κ1) is 15.2. The summed E-state index contributed by atoms with van der Waals surface area (Å²) >= 11 is 0. The van der Waals surface area contributed by atoms with Gasteiger partial charge in [0.15, 0.2) is 0 Å². The molecule has 1 aromatic carbocycles. The molecule has 0 atom stereocenters. The lowest BCUT2D eigenvalue weighted by molar-refractivity contribution is -0.138. The van der Waals surface area contributed by atoms with Gasteiger partial charge < -0.3 is 14.5 Å². The van der Waals surface area contributed by atoms with Gasteiger partial charge in [0.05, 0.1) is 6.61 Å². The van der Waals surface area contributed by atoms with Crippen LogP contribution in [0.1, 0.15) is 24.0 Å². The first-order valence-electron chi connectivity index (χ1n) is 8.72. The van der Waals surface area contributed by atoms with E-state index in [0.717, 1.165) is 37.2 Å². The van der Waals surface area contributed by atoms with Crippen molar-refractivity contribution in [1.82, 2.24) is 9.80 Å². The van der Waals surface area contributed by atoms with E-state index >= 15 is 0 Å². The molecule has 0 unspecified atom stereocenters. The highest BCUT2D eigenvalue weighted by Gasteiger charge is 2.34. The minimum absolute atomic E-state index is 0.0188. The maximum Gasteiger partial charge on any atom is 0.246 e. The Bertz CT molecular complexity index is 686. The van der Waals surface area contributed by atoms with Crippen molar-refractivity contribution in [3.05, 3.63) is 35.4 Å². The van der Waals surface area contributed by atoms with Crippen LogP contribution in [-0.4, -0.2) is 54.4 Å².